The number of benzene rings is 2. The Labute approximate surface area is 186 Å². The zero-order valence-electron chi connectivity index (χ0n) is 17.2. The third kappa shape index (κ3) is 4.55. The van der Waals surface area contributed by atoms with E-state index in [1.54, 1.807) is 0 Å². The number of hydrogen-bond donors (Lipinski definition) is 0. The van der Waals surface area contributed by atoms with Gasteiger partial charge < -0.3 is 4.90 Å². The van der Waals surface area contributed by atoms with Crippen LogP contribution in [0.1, 0.15) is 25.3 Å². The van der Waals surface area contributed by atoms with Gasteiger partial charge in [-0.25, -0.2) is 0 Å². The molecule has 1 saturated heterocycles. The van der Waals surface area contributed by atoms with Crippen LogP contribution in [0.3, 0.4) is 0 Å². The van der Waals surface area contributed by atoms with Crippen LogP contribution in [0, 0.1) is 12.8 Å². The molecule has 0 atom stereocenters. The molecule has 4 rings (SSSR count). The van der Waals surface area contributed by atoms with E-state index < -0.39 is 0 Å². The van der Waals surface area contributed by atoms with E-state index >= 15 is 0 Å². The number of thioether (sulfide) groups is 1. The zero-order chi connectivity index (χ0) is 21.1. The van der Waals surface area contributed by atoms with Crippen molar-refractivity contribution in [2.75, 3.05) is 18.8 Å². The molecule has 0 bridgehead atoms. The lowest BCUT2D eigenvalue weighted by Gasteiger charge is -2.30. The smallest absolute Gasteiger partial charge is 0.233 e. The molecular formula is C23H25ClN4OS. The van der Waals surface area contributed by atoms with Gasteiger partial charge in [0.2, 0.25) is 5.91 Å². The summed E-state index contributed by atoms with van der Waals surface area (Å²) in [6, 6.07) is 15.8. The van der Waals surface area contributed by atoms with E-state index in [1.165, 1.54) is 17.3 Å². The maximum absolute atomic E-state index is 12.7. The number of halogens is 1. The Balaban J connectivity index is 1.62. The molecule has 1 aliphatic heterocycles. The summed E-state index contributed by atoms with van der Waals surface area (Å²) < 4.78 is 1.98. The van der Waals surface area contributed by atoms with Crippen molar-refractivity contribution in [1.82, 2.24) is 19.7 Å². The lowest BCUT2D eigenvalue weighted by molar-refractivity contribution is -0.129. The van der Waals surface area contributed by atoms with E-state index in [-0.39, 0.29) is 5.91 Å². The van der Waals surface area contributed by atoms with Crippen molar-refractivity contribution in [2.45, 2.75) is 31.8 Å². The van der Waals surface area contributed by atoms with Crippen LogP contribution in [-0.4, -0.2) is 44.4 Å². The van der Waals surface area contributed by atoms with E-state index in [9.17, 15) is 4.79 Å². The minimum atomic E-state index is 0.157. The first-order valence-corrected chi connectivity index (χ1v) is 11.6. The first-order valence-electron chi connectivity index (χ1n) is 10.2. The van der Waals surface area contributed by atoms with E-state index in [2.05, 4.69) is 36.2 Å². The molecule has 1 amide bonds. The molecule has 0 unspecified atom stereocenters. The first kappa shape index (κ1) is 20.9. The second-order valence-electron chi connectivity index (χ2n) is 7.81. The number of aryl methyl sites for hydroxylation is 1. The average molecular weight is 441 g/mol. The lowest BCUT2D eigenvalue weighted by atomic mass is 9.99. The Morgan fingerprint density at radius 1 is 1.10 bits per heavy atom. The molecular weight excluding hydrogens is 416 g/mol. The van der Waals surface area contributed by atoms with Gasteiger partial charge in [0.05, 0.1) is 10.8 Å². The fourth-order valence-corrected chi connectivity index (χ4v) is 4.66. The van der Waals surface area contributed by atoms with E-state index in [4.69, 9.17) is 11.6 Å². The topological polar surface area (TPSA) is 51.0 Å². The first-order chi connectivity index (χ1) is 14.5. The van der Waals surface area contributed by atoms with E-state index in [0.717, 1.165) is 37.2 Å². The highest BCUT2D eigenvalue weighted by Gasteiger charge is 2.23. The van der Waals surface area contributed by atoms with Crippen LogP contribution in [0.5, 0.6) is 0 Å². The summed E-state index contributed by atoms with van der Waals surface area (Å²) in [5.41, 5.74) is 2.94. The highest BCUT2D eigenvalue weighted by atomic mass is 35.5. The van der Waals surface area contributed by atoms with Crippen molar-refractivity contribution in [2.24, 2.45) is 5.92 Å². The van der Waals surface area contributed by atoms with Crippen LogP contribution in [0.4, 0.5) is 0 Å². The molecule has 0 aliphatic carbocycles. The van der Waals surface area contributed by atoms with Crippen LogP contribution < -0.4 is 0 Å². The number of rotatable bonds is 5. The van der Waals surface area contributed by atoms with Gasteiger partial charge >= 0.3 is 0 Å². The zero-order valence-corrected chi connectivity index (χ0v) is 18.8. The molecule has 5 nitrogen and oxygen atoms in total. The second kappa shape index (κ2) is 9.23. The van der Waals surface area contributed by atoms with Crippen LogP contribution in [-0.2, 0) is 4.79 Å². The van der Waals surface area contributed by atoms with Crippen molar-refractivity contribution in [1.29, 1.82) is 0 Å². The Hall–Kier alpha value is -2.31. The molecule has 2 aromatic carbocycles. The van der Waals surface area contributed by atoms with Crippen molar-refractivity contribution in [3.8, 4) is 17.1 Å². The minimum absolute atomic E-state index is 0.157. The molecule has 1 aromatic heterocycles. The van der Waals surface area contributed by atoms with Gasteiger partial charge in [0.1, 0.15) is 0 Å². The summed E-state index contributed by atoms with van der Waals surface area (Å²) in [7, 11) is 0. The molecule has 30 heavy (non-hydrogen) atoms. The number of nitrogens with zero attached hydrogens (tertiary/aromatic N) is 4. The number of hydrogen-bond acceptors (Lipinski definition) is 4. The molecule has 1 aliphatic rings. The quantitative estimate of drug-likeness (QED) is 0.508. The van der Waals surface area contributed by atoms with Crippen LogP contribution in [0.2, 0.25) is 5.02 Å². The average Bonchev–Trinajstić information content (AvgIpc) is 3.17. The van der Waals surface area contributed by atoms with Gasteiger partial charge in [-0.1, -0.05) is 60.1 Å². The van der Waals surface area contributed by atoms with Gasteiger partial charge in [-0.05, 0) is 49.9 Å². The summed E-state index contributed by atoms with van der Waals surface area (Å²) in [6.07, 6.45) is 2.15. The fourth-order valence-electron chi connectivity index (χ4n) is 3.58. The third-order valence-electron chi connectivity index (χ3n) is 5.50. The van der Waals surface area contributed by atoms with Crippen molar-refractivity contribution < 1.29 is 4.79 Å². The number of aromatic nitrogens is 3. The molecule has 0 N–H and O–H groups in total. The third-order valence-corrected chi connectivity index (χ3v) is 6.74. The molecule has 156 valence electrons. The van der Waals surface area contributed by atoms with Crippen LogP contribution in [0.25, 0.3) is 17.1 Å². The van der Waals surface area contributed by atoms with Crippen molar-refractivity contribution >= 4 is 29.3 Å². The van der Waals surface area contributed by atoms with Gasteiger partial charge in [0.15, 0.2) is 11.0 Å². The largest absolute Gasteiger partial charge is 0.342 e. The predicted octanol–water partition coefficient (Wildman–Crippen LogP) is 5.25. The number of carbonyl (C=O) groups is 1. The predicted molar refractivity (Wildman–Crippen MR) is 122 cm³/mol. The maximum atomic E-state index is 12.7. The van der Waals surface area contributed by atoms with Crippen LogP contribution >= 0.6 is 23.4 Å². The van der Waals surface area contributed by atoms with Crippen molar-refractivity contribution in [3.63, 3.8) is 0 Å². The van der Waals surface area contributed by atoms with Gasteiger partial charge in [-0.15, -0.1) is 10.2 Å². The number of carbonyl (C=O) groups excluding carboxylic acids is 1. The molecule has 0 saturated carbocycles. The second-order valence-corrected chi connectivity index (χ2v) is 9.16. The molecule has 3 aromatic rings. The standard InChI is InChI=1S/C23H25ClN4OS/c1-16-7-9-18(10-8-16)28-22(19-5-3-4-6-20(19)24)25-26-23(28)30-15-21(29)27-13-11-17(2)12-14-27/h3-10,17H,11-15H2,1-2H3. The minimum Gasteiger partial charge on any atom is -0.342 e. The summed E-state index contributed by atoms with van der Waals surface area (Å²) in [6.45, 7) is 5.99. The Kier molecular flexibility index (Phi) is 6.44. The van der Waals surface area contributed by atoms with Gasteiger partial charge in [-0.2, -0.15) is 0 Å². The summed E-state index contributed by atoms with van der Waals surface area (Å²) in [5.74, 6) is 1.88. The van der Waals surface area contributed by atoms with E-state index in [0.29, 0.717) is 27.7 Å². The molecule has 7 heteroatoms. The molecule has 1 fully saturated rings. The monoisotopic (exact) mass is 440 g/mol. The van der Waals surface area contributed by atoms with Gasteiger partial charge in [0.25, 0.3) is 0 Å². The number of amides is 1. The summed E-state index contributed by atoms with van der Waals surface area (Å²) in [5, 5.41) is 10.1. The lowest BCUT2D eigenvalue weighted by Crippen LogP contribution is -2.38. The molecule has 2 heterocycles. The van der Waals surface area contributed by atoms with Crippen molar-refractivity contribution in [3.05, 3.63) is 59.1 Å². The van der Waals surface area contributed by atoms with E-state index in [1.807, 2.05) is 45.9 Å². The summed E-state index contributed by atoms with van der Waals surface area (Å²) in [4.78, 5) is 14.7. The number of likely N-dealkylation sites (tertiary alicyclic amines) is 1. The van der Waals surface area contributed by atoms with Crippen LogP contribution in [0.15, 0.2) is 53.7 Å². The fraction of sp³-hybridized carbons (Fsp3) is 0.348. The maximum Gasteiger partial charge on any atom is 0.233 e. The summed E-state index contributed by atoms with van der Waals surface area (Å²) >= 11 is 7.87. The number of piperidine rings is 1. The SMILES string of the molecule is Cc1ccc(-n2c(SCC(=O)N3CCC(C)CC3)nnc2-c2ccccc2Cl)cc1. The Bertz CT molecular complexity index is 1030. The van der Waals surface area contributed by atoms with Gasteiger partial charge in [-0.3, -0.25) is 9.36 Å². The highest BCUT2D eigenvalue weighted by Crippen LogP contribution is 2.32. The Morgan fingerprint density at radius 3 is 2.50 bits per heavy atom. The normalized spacial score (nSPS) is 14.8. The Morgan fingerprint density at radius 2 is 1.80 bits per heavy atom. The molecule has 0 spiro atoms. The molecule has 0 radical (unpaired) electrons. The highest BCUT2D eigenvalue weighted by molar-refractivity contribution is 7.99. The van der Waals surface area contributed by atoms with Gasteiger partial charge in [0, 0.05) is 24.3 Å².